The number of allylic oxidation sites excluding steroid dienone is 5. The summed E-state index contributed by atoms with van der Waals surface area (Å²) < 4.78 is 30.9. The maximum atomic E-state index is 13.6. The predicted molar refractivity (Wildman–Crippen MR) is 379 cm³/mol. The van der Waals surface area contributed by atoms with Crippen LogP contribution in [0.2, 0.25) is 0 Å². The summed E-state index contributed by atoms with van der Waals surface area (Å²) in [7, 11) is 1.52. The molecule has 0 radical (unpaired) electrons. The Bertz CT molecular complexity index is 1580. The molecule has 0 aromatic rings. The highest BCUT2D eigenvalue weighted by Crippen LogP contribution is 2.43. The summed E-state index contributed by atoms with van der Waals surface area (Å²) in [5.41, 5.74) is 0. The molecule has 0 aromatic carbocycles. The second kappa shape index (κ2) is 67.1. The molecule has 0 aliphatic carbocycles. The first-order chi connectivity index (χ1) is 42.4. The van der Waals surface area contributed by atoms with E-state index in [0.29, 0.717) is 23.9 Å². The highest BCUT2D eigenvalue weighted by atomic mass is 31.2. The Hall–Kier alpha value is -1.77. The van der Waals surface area contributed by atoms with Crippen molar-refractivity contribution in [2.24, 2.45) is 0 Å². The van der Waals surface area contributed by atoms with Gasteiger partial charge in [0.25, 0.3) is 0 Å². The molecule has 1 amide bonds. The lowest BCUT2D eigenvalue weighted by Gasteiger charge is -2.27. The third-order valence-corrected chi connectivity index (χ3v) is 18.6. The highest BCUT2D eigenvalue weighted by molar-refractivity contribution is 7.47. The van der Waals surface area contributed by atoms with Crippen molar-refractivity contribution in [3.05, 3.63) is 36.5 Å². The first-order valence-corrected chi connectivity index (χ1v) is 39.8. The average Bonchev–Trinajstić information content (AvgIpc) is 3.70. The number of nitrogens with one attached hydrogen (secondary N) is 1. The number of quaternary nitrogens is 1. The van der Waals surface area contributed by atoms with Gasteiger partial charge in [-0.25, -0.2) is 4.57 Å². The Morgan fingerprint density at radius 1 is 0.402 bits per heavy atom. The number of phosphoric ester groups is 1. The first-order valence-electron chi connectivity index (χ1n) is 38.3. The maximum absolute atomic E-state index is 13.6. The van der Waals surface area contributed by atoms with Crippen LogP contribution < -0.4 is 5.32 Å². The van der Waals surface area contributed by atoms with Crippen LogP contribution in [0, 0.1) is 0 Å². The lowest BCUT2D eigenvalue weighted by atomic mass is 10.0. The number of amides is 1. The van der Waals surface area contributed by atoms with Gasteiger partial charge in [-0.05, 0) is 63.9 Å². The number of nitrogens with zero attached hydrogens (tertiary/aromatic N) is 1. The van der Waals surface area contributed by atoms with E-state index in [0.717, 1.165) is 64.2 Å². The van der Waals surface area contributed by atoms with Crippen molar-refractivity contribution < 1.29 is 37.3 Å². The molecule has 0 aliphatic rings. The Morgan fingerprint density at radius 2 is 0.701 bits per heavy atom. The Labute approximate surface area is 542 Å². The fourth-order valence-electron chi connectivity index (χ4n) is 11.7. The molecular weight excluding hydrogens is 1100 g/mol. The molecule has 3 unspecified atom stereocenters. The monoisotopic (exact) mass is 1250 g/mol. The van der Waals surface area contributed by atoms with Gasteiger partial charge in [-0.3, -0.25) is 18.6 Å². The predicted octanol–water partition coefficient (Wildman–Crippen LogP) is 24.6. The number of rotatable bonds is 71. The number of ether oxygens (including phenoxy) is 1. The molecule has 0 saturated heterocycles. The van der Waals surface area contributed by atoms with Crippen LogP contribution in [-0.2, 0) is 27.9 Å². The van der Waals surface area contributed by atoms with Gasteiger partial charge >= 0.3 is 13.8 Å². The van der Waals surface area contributed by atoms with Gasteiger partial charge in [0.1, 0.15) is 19.3 Å². The summed E-state index contributed by atoms with van der Waals surface area (Å²) in [5, 5.41) is 3.08. The highest BCUT2D eigenvalue weighted by Gasteiger charge is 2.30. The van der Waals surface area contributed by atoms with Crippen LogP contribution in [0.4, 0.5) is 0 Å². The number of hydrogen-bond donors (Lipinski definition) is 2. The molecule has 0 fully saturated rings. The summed E-state index contributed by atoms with van der Waals surface area (Å²) in [6.45, 7) is 7.05. The number of carbonyl (C=O) groups excluding carboxylic acids is 2. The summed E-state index contributed by atoms with van der Waals surface area (Å²) in [6, 6.07) is -0.846. The molecule has 3 atom stereocenters. The van der Waals surface area contributed by atoms with E-state index in [1.807, 2.05) is 33.3 Å². The molecule has 0 bridgehead atoms. The third kappa shape index (κ3) is 68.4. The molecule has 0 rings (SSSR count). The number of hydrogen-bond acceptors (Lipinski definition) is 6. The van der Waals surface area contributed by atoms with Crippen molar-refractivity contribution in [1.82, 2.24) is 5.32 Å². The van der Waals surface area contributed by atoms with Crippen molar-refractivity contribution in [3.63, 3.8) is 0 Å². The zero-order valence-electron chi connectivity index (χ0n) is 59.0. The van der Waals surface area contributed by atoms with Gasteiger partial charge in [0.2, 0.25) is 5.91 Å². The van der Waals surface area contributed by atoms with Crippen LogP contribution in [-0.4, -0.2) is 74.3 Å². The number of likely N-dealkylation sites (N-methyl/N-ethyl adjacent to an activating group) is 1. The van der Waals surface area contributed by atoms with Gasteiger partial charge in [0, 0.05) is 12.8 Å². The standard InChI is InChI=1S/C77H149N2O7P/c1-7-10-13-16-19-22-25-27-29-31-33-35-37-38-39-40-42-44-46-48-50-52-55-58-61-64-67-70-77(81)86-75(68-65-62-59-56-53-24-21-18-15-12-9-3)74(73-85-87(82,83)84-72-71-79(4,5)6)78-76(80)69-66-63-60-57-54-51-49-47-45-43-41-36-34-32-30-28-26-23-20-17-14-11-8-2/h20,23,28,30,65,68,74-75H,7-19,21-22,24-27,29,31-64,66-67,69-73H2,1-6H3,(H-,78,80,82,83)/p+1/b23-20-,30-28-,68-65+. The van der Waals surface area contributed by atoms with Gasteiger partial charge in [0.15, 0.2) is 0 Å². The van der Waals surface area contributed by atoms with E-state index in [1.165, 1.54) is 295 Å². The van der Waals surface area contributed by atoms with Gasteiger partial charge < -0.3 is 19.4 Å². The van der Waals surface area contributed by atoms with Crippen LogP contribution in [0.25, 0.3) is 0 Å². The zero-order chi connectivity index (χ0) is 63.5. The molecule has 0 spiro atoms. The van der Waals surface area contributed by atoms with Crippen molar-refractivity contribution in [2.75, 3.05) is 40.9 Å². The average molecular weight is 1250 g/mol. The van der Waals surface area contributed by atoms with Crippen LogP contribution in [0.1, 0.15) is 393 Å². The number of esters is 1. The molecule has 0 saturated carbocycles. The number of unbranched alkanes of at least 4 members (excludes halogenated alkanes) is 51. The van der Waals surface area contributed by atoms with Crippen molar-refractivity contribution in [1.29, 1.82) is 0 Å². The molecule has 514 valence electrons. The fourth-order valence-corrected chi connectivity index (χ4v) is 12.4. The second-order valence-corrected chi connectivity index (χ2v) is 29.0. The van der Waals surface area contributed by atoms with Crippen LogP contribution >= 0.6 is 7.82 Å². The largest absolute Gasteiger partial charge is 0.472 e. The zero-order valence-corrected chi connectivity index (χ0v) is 59.9. The lowest BCUT2D eigenvalue weighted by Crippen LogP contribution is -2.47. The molecule has 0 heterocycles. The SMILES string of the molecule is CCCCC/C=C\C/C=C\CCCCCCCCCCCCCCCC(=O)NC(COP(=O)(O)OCC[N+](C)(C)C)C(/C=C/CCCCCCCCCCC)OC(=O)CCCCCCCCCCCCCCCCCCCCCCCCCCCCC. The smallest absolute Gasteiger partial charge is 0.456 e. The Kier molecular flexibility index (Phi) is 65.8. The van der Waals surface area contributed by atoms with E-state index in [9.17, 15) is 19.0 Å². The Morgan fingerprint density at radius 3 is 1.06 bits per heavy atom. The number of carbonyl (C=O) groups is 2. The van der Waals surface area contributed by atoms with E-state index in [1.54, 1.807) is 0 Å². The van der Waals surface area contributed by atoms with Crippen LogP contribution in [0.5, 0.6) is 0 Å². The second-order valence-electron chi connectivity index (χ2n) is 27.5. The van der Waals surface area contributed by atoms with Crippen molar-refractivity contribution >= 4 is 19.7 Å². The van der Waals surface area contributed by atoms with Gasteiger partial charge in [-0.2, -0.15) is 0 Å². The van der Waals surface area contributed by atoms with Crippen molar-refractivity contribution in [2.45, 2.75) is 405 Å². The molecule has 0 aromatic heterocycles. The van der Waals surface area contributed by atoms with E-state index < -0.39 is 20.0 Å². The summed E-state index contributed by atoms with van der Waals surface area (Å²) >= 11 is 0. The molecule has 0 aliphatic heterocycles. The molecular formula is C77H150N2O7P+. The van der Waals surface area contributed by atoms with Gasteiger partial charge in [-0.15, -0.1) is 0 Å². The molecule has 2 N–H and O–H groups in total. The minimum absolute atomic E-state index is 0.0432. The van der Waals surface area contributed by atoms with Crippen LogP contribution in [0.15, 0.2) is 36.5 Å². The van der Waals surface area contributed by atoms with Crippen LogP contribution in [0.3, 0.4) is 0 Å². The molecule has 9 nitrogen and oxygen atoms in total. The first kappa shape index (κ1) is 85.2. The lowest BCUT2D eigenvalue weighted by molar-refractivity contribution is -0.870. The van der Waals surface area contributed by atoms with E-state index in [-0.39, 0.29) is 25.1 Å². The summed E-state index contributed by atoms with van der Waals surface area (Å²) in [4.78, 5) is 37.9. The third-order valence-electron chi connectivity index (χ3n) is 17.6. The van der Waals surface area contributed by atoms with E-state index in [2.05, 4.69) is 50.4 Å². The topological polar surface area (TPSA) is 111 Å². The van der Waals surface area contributed by atoms with E-state index in [4.69, 9.17) is 13.8 Å². The Balaban J connectivity index is 4.88. The van der Waals surface area contributed by atoms with Gasteiger partial charge in [-0.1, -0.05) is 353 Å². The normalized spacial score (nSPS) is 13.6. The van der Waals surface area contributed by atoms with Crippen molar-refractivity contribution in [3.8, 4) is 0 Å². The molecule has 87 heavy (non-hydrogen) atoms. The fraction of sp³-hybridized carbons (Fsp3) is 0.896. The minimum atomic E-state index is -4.45. The summed E-state index contributed by atoms with van der Waals surface area (Å²) in [5.74, 6) is -0.484. The summed E-state index contributed by atoms with van der Waals surface area (Å²) in [6.07, 6.45) is 84.7. The quantitative estimate of drug-likeness (QED) is 0.0205. The maximum Gasteiger partial charge on any atom is 0.472 e. The number of phosphoric acid groups is 1. The van der Waals surface area contributed by atoms with Gasteiger partial charge in [0.05, 0.1) is 33.8 Å². The minimum Gasteiger partial charge on any atom is -0.456 e. The molecule has 10 heteroatoms. The van der Waals surface area contributed by atoms with E-state index >= 15 is 0 Å².